The number of amides is 2. The van der Waals surface area contributed by atoms with E-state index in [9.17, 15) is 14.7 Å². The van der Waals surface area contributed by atoms with E-state index in [1.165, 1.54) is 22.3 Å². The molecule has 7 heteroatoms. The number of hydrogen-bond acceptors (Lipinski definition) is 5. The van der Waals surface area contributed by atoms with Crippen LogP contribution in [0.4, 0.5) is 0 Å². The first-order valence-electron chi connectivity index (χ1n) is 16.0. The molecule has 3 fully saturated rings. The van der Waals surface area contributed by atoms with Crippen LogP contribution in [0.25, 0.3) is 6.08 Å². The Bertz CT molecular complexity index is 1410. The average molecular weight is 603 g/mol. The number of nitrogens with zero attached hydrogens (tertiary/aromatic N) is 2. The smallest absolute Gasteiger partial charge is 0.234 e. The summed E-state index contributed by atoms with van der Waals surface area (Å²) in [6, 6.07) is 15.6. The molecule has 6 rings (SSSR count). The maximum absolute atomic E-state index is 14.0. The maximum Gasteiger partial charge on any atom is 0.234 e. The zero-order chi connectivity index (χ0) is 30.1. The summed E-state index contributed by atoms with van der Waals surface area (Å²) in [7, 11) is 0. The van der Waals surface area contributed by atoms with E-state index in [0.29, 0.717) is 18.1 Å². The number of carbonyl (C=O) groups excluding carboxylic acids is 2. The molecule has 3 saturated heterocycles. The minimum Gasteiger partial charge on any atom is -0.508 e. The average Bonchev–Trinajstić information content (AvgIpc) is 3.55. The molecule has 1 N–H and O–H groups in total. The van der Waals surface area contributed by atoms with Crippen molar-refractivity contribution in [3.63, 3.8) is 0 Å². The summed E-state index contributed by atoms with van der Waals surface area (Å²) in [5, 5.41) is 10.2. The molecule has 4 atom stereocenters. The normalized spacial score (nSPS) is 26.8. The molecule has 2 amide bonds. The number of phenols is 1. The number of benzene rings is 2. The summed E-state index contributed by atoms with van der Waals surface area (Å²) >= 11 is 6.37. The molecule has 43 heavy (non-hydrogen) atoms. The Morgan fingerprint density at radius 1 is 1.05 bits per heavy atom. The number of hydrogen-bond donors (Lipinski definition) is 1. The van der Waals surface area contributed by atoms with Crippen LogP contribution in [0.2, 0.25) is 5.02 Å². The molecule has 0 unspecified atom stereocenters. The topological polar surface area (TPSA) is 70.1 Å². The van der Waals surface area contributed by atoms with Crippen molar-refractivity contribution in [2.75, 3.05) is 19.7 Å². The largest absolute Gasteiger partial charge is 0.508 e. The maximum atomic E-state index is 14.0. The number of likely N-dealkylation sites (tertiary alicyclic amines) is 2. The van der Waals surface area contributed by atoms with Crippen molar-refractivity contribution in [1.82, 2.24) is 9.80 Å². The lowest BCUT2D eigenvalue weighted by atomic mass is 9.69. The van der Waals surface area contributed by atoms with Gasteiger partial charge in [0.15, 0.2) is 0 Å². The first-order valence-corrected chi connectivity index (χ1v) is 16.4. The predicted molar refractivity (Wildman–Crippen MR) is 169 cm³/mol. The molecule has 0 spiro atoms. The number of rotatable bonds is 9. The first-order chi connectivity index (χ1) is 20.9. The summed E-state index contributed by atoms with van der Waals surface area (Å²) in [6.07, 6.45) is 7.93. The summed E-state index contributed by atoms with van der Waals surface area (Å²) in [4.78, 5) is 31.9. The fourth-order valence-electron chi connectivity index (χ4n) is 7.89. The van der Waals surface area contributed by atoms with Gasteiger partial charge in [-0.15, -0.1) is 0 Å². The van der Waals surface area contributed by atoms with Crippen LogP contribution in [0.1, 0.15) is 69.9 Å². The van der Waals surface area contributed by atoms with E-state index in [1.54, 1.807) is 17.0 Å². The lowest BCUT2D eigenvalue weighted by molar-refractivity contribution is -0.144. The second-order valence-electron chi connectivity index (χ2n) is 12.6. The summed E-state index contributed by atoms with van der Waals surface area (Å²) < 4.78 is 6.43. The number of fused-ring (bicyclic) bond motifs is 3. The Morgan fingerprint density at radius 3 is 2.51 bits per heavy atom. The zero-order valence-corrected chi connectivity index (χ0v) is 26.1. The number of halogens is 1. The van der Waals surface area contributed by atoms with Crippen LogP contribution in [0.15, 0.2) is 65.3 Å². The van der Waals surface area contributed by atoms with Crippen LogP contribution in [0, 0.1) is 17.8 Å². The summed E-state index contributed by atoms with van der Waals surface area (Å²) in [6.45, 7) is 7.53. The van der Waals surface area contributed by atoms with Gasteiger partial charge in [0.25, 0.3) is 0 Å². The highest BCUT2D eigenvalue weighted by atomic mass is 35.5. The molecule has 2 aromatic carbocycles. The quantitative estimate of drug-likeness (QED) is 0.247. The van der Waals surface area contributed by atoms with E-state index in [0.717, 1.165) is 63.7 Å². The minimum atomic E-state index is -0.290. The van der Waals surface area contributed by atoms with Crippen molar-refractivity contribution in [2.45, 2.75) is 77.5 Å². The monoisotopic (exact) mass is 602 g/mol. The van der Waals surface area contributed by atoms with Gasteiger partial charge >= 0.3 is 0 Å². The summed E-state index contributed by atoms with van der Waals surface area (Å²) in [5.74, 6) is -0.293. The standard InChI is InChI=1S/C36H43ClN2O4/c1-3-23(18-26-11-12-28(40)20-31(26)37)10-13-32-33-25(4-2)19-29-34(30(33)22-43-32)36(42)39(35(29)41)27-14-16-38(17-15-27)21-24-8-6-5-7-9-24/h5-9,11-12,18,20,27,29-30,32,34,40H,3-4,10,13-17,19,21-22H2,1-2H3/b23-18+/t29-,30+,32-,34-/m1/s1. The molecule has 6 nitrogen and oxygen atoms in total. The molecule has 0 radical (unpaired) electrons. The molecule has 4 aliphatic rings. The van der Waals surface area contributed by atoms with Crippen LogP contribution < -0.4 is 0 Å². The van der Waals surface area contributed by atoms with Gasteiger partial charge in [0.1, 0.15) is 5.75 Å². The third kappa shape index (κ3) is 6.07. The van der Waals surface area contributed by atoms with Gasteiger partial charge in [-0.05, 0) is 79.8 Å². The lowest BCUT2D eigenvalue weighted by Crippen LogP contribution is -2.47. The van der Waals surface area contributed by atoms with Crippen molar-refractivity contribution >= 4 is 29.5 Å². The molecule has 1 aliphatic carbocycles. The van der Waals surface area contributed by atoms with Gasteiger partial charge in [-0.1, -0.05) is 73.0 Å². The van der Waals surface area contributed by atoms with Crippen LogP contribution in [-0.4, -0.2) is 58.6 Å². The van der Waals surface area contributed by atoms with Gasteiger partial charge in [-0.25, -0.2) is 0 Å². The summed E-state index contributed by atoms with van der Waals surface area (Å²) in [5.41, 5.74) is 6.08. The van der Waals surface area contributed by atoms with Crippen LogP contribution in [0.5, 0.6) is 5.75 Å². The number of ether oxygens (including phenoxy) is 1. The second kappa shape index (κ2) is 13.0. The van der Waals surface area contributed by atoms with Crippen LogP contribution in [-0.2, 0) is 20.9 Å². The van der Waals surface area contributed by atoms with Crippen LogP contribution >= 0.6 is 11.6 Å². The Balaban J connectivity index is 1.12. The van der Waals surface area contributed by atoms with E-state index in [1.807, 2.05) is 12.1 Å². The Labute approximate surface area is 260 Å². The van der Waals surface area contributed by atoms with Gasteiger partial charge in [-0.2, -0.15) is 0 Å². The number of allylic oxidation sites excluding steroid dienone is 2. The molecule has 3 heterocycles. The molecule has 3 aliphatic heterocycles. The van der Waals surface area contributed by atoms with Crippen molar-refractivity contribution in [1.29, 1.82) is 0 Å². The molecule has 0 saturated carbocycles. The van der Waals surface area contributed by atoms with Crippen molar-refractivity contribution in [2.24, 2.45) is 17.8 Å². The Morgan fingerprint density at radius 2 is 1.81 bits per heavy atom. The molecule has 2 aromatic rings. The van der Waals surface area contributed by atoms with E-state index in [2.05, 4.69) is 49.1 Å². The SMILES string of the molecule is CCC1=C2[C@@H](CC/C(=C/c3ccc(O)cc3Cl)CC)OC[C@@H]2[C@@H]2C(=O)N(C3CCN(Cc4ccccc4)CC3)C(=O)[C@@H]2C1. The van der Waals surface area contributed by atoms with Gasteiger partial charge in [0.05, 0.1) is 29.6 Å². The minimum absolute atomic E-state index is 0.00100. The predicted octanol–water partition coefficient (Wildman–Crippen LogP) is 7.01. The zero-order valence-electron chi connectivity index (χ0n) is 25.3. The first kappa shape index (κ1) is 30.1. The van der Waals surface area contributed by atoms with E-state index < -0.39 is 0 Å². The number of carbonyl (C=O) groups is 2. The number of imide groups is 1. The Kier molecular flexibility index (Phi) is 9.08. The number of piperidine rings is 1. The van der Waals surface area contributed by atoms with Gasteiger partial charge in [0, 0.05) is 31.6 Å². The number of phenolic OH excluding ortho intramolecular Hbond substituents is 1. The lowest BCUT2D eigenvalue weighted by Gasteiger charge is -2.36. The van der Waals surface area contributed by atoms with Gasteiger partial charge in [-0.3, -0.25) is 19.4 Å². The van der Waals surface area contributed by atoms with Gasteiger partial charge < -0.3 is 9.84 Å². The van der Waals surface area contributed by atoms with Gasteiger partial charge in [0.2, 0.25) is 11.8 Å². The second-order valence-corrected chi connectivity index (χ2v) is 13.0. The highest BCUT2D eigenvalue weighted by molar-refractivity contribution is 6.32. The van der Waals surface area contributed by atoms with Crippen LogP contribution in [0.3, 0.4) is 0 Å². The van der Waals surface area contributed by atoms with E-state index in [4.69, 9.17) is 16.3 Å². The molecular formula is C36H43ClN2O4. The van der Waals surface area contributed by atoms with Crippen molar-refractivity contribution in [3.05, 3.63) is 81.4 Å². The van der Waals surface area contributed by atoms with E-state index >= 15 is 0 Å². The third-order valence-corrected chi connectivity index (χ3v) is 10.5. The molecule has 228 valence electrons. The highest BCUT2D eigenvalue weighted by Crippen LogP contribution is 2.51. The van der Waals surface area contributed by atoms with E-state index in [-0.39, 0.29) is 47.5 Å². The molecule has 0 aromatic heterocycles. The van der Waals surface area contributed by atoms with Crippen molar-refractivity contribution in [3.8, 4) is 5.75 Å². The molecule has 0 bridgehead atoms. The van der Waals surface area contributed by atoms with Crippen molar-refractivity contribution < 1.29 is 19.4 Å². The Hall–Kier alpha value is -2.93. The third-order valence-electron chi connectivity index (χ3n) is 10.2. The fraction of sp³-hybridized carbons (Fsp3) is 0.500. The number of aromatic hydroxyl groups is 1. The molecular weight excluding hydrogens is 560 g/mol. The highest BCUT2D eigenvalue weighted by Gasteiger charge is 2.58. The fourth-order valence-corrected chi connectivity index (χ4v) is 8.12.